The van der Waals surface area contributed by atoms with E-state index in [-0.39, 0.29) is 28.6 Å². The molecule has 0 aliphatic rings. The Morgan fingerprint density at radius 2 is 1.64 bits per heavy atom. The maximum atomic E-state index is 13.8. The number of ether oxygens (including phenoxy) is 1. The van der Waals surface area contributed by atoms with Gasteiger partial charge in [0.05, 0.1) is 17.7 Å². The first kappa shape index (κ1) is 35.0. The van der Waals surface area contributed by atoms with Gasteiger partial charge in [-0.25, -0.2) is 18.1 Å². The molecule has 1 unspecified atom stereocenters. The normalized spacial score (nSPS) is 12.2. The van der Waals surface area contributed by atoms with E-state index in [2.05, 4.69) is 27.3 Å². The maximum Gasteiger partial charge on any atom is 0.291 e. The molecule has 3 amide bonds. The number of hydrogen-bond donors (Lipinski definition) is 3. The number of aromatic nitrogens is 2. The van der Waals surface area contributed by atoms with Gasteiger partial charge in [-0.15, -0.1) is 0 Å². The minimum absolute atomic E-state index is 0.0560. The van der Waals surface area contributed by atoms with Crippen LogP contribution in [-0.2, 0) is 24.4 Å². The van der Waals surface area contributed by atoms with Crippen LogP contribution in [0.1, 0.15) is 82.9 Å². The molecule has 0 aliphatic carbocycles. The van der Waals surface area contributed by atoms with Crippen molar-refractivity contribution < 1.29 is 32.3 Å². The van der Waals surface area contributed by atoms with Crippen LogP contribution in [0.2, 0.25) is 0 Å². The van der Waals surface area contributed by atoms with Gasteiger partial charge < -0.3 is 19.9 Å². The quantitative estimate of drug-likeness (QED) is 0.153. The number of nitrogens with one attached hydrogen (secondary N) is 3. The Balaban J connectivity index is 1.90. The zero-order chi connectivity index (χ0) is 33.2. The van der Waals surface area contributed by atoms with Gasteiger partial charge in [0.1, 0.15) is 5.75 Å². The van der Waals surface area contributed by atoms with E-state index < -0.39 is 45.0 Å². The molecule has 3 N–H and O–H groups in total. The summed E-state index contributed by atoms with van der Waals surface area (Å²) in [6, 6.07) is 10.8. The second-order valence-electron chi connectivity index (χ2n) is 11.5. The molecule has 0 bridgehead atoms. The van der Waals surface area contributed by atoms with Crippen molar-refractivity contribution in [3.05, 3.63) is 66.7 Å². The fourth-order valence-electron chi connectivity index (χ4n) is 4.49. The molecule has 3 rings (SSSR count). The Bertz CT molecular complexity index is 1610. The van der Waals surface area contributed by atoms with Gasteiger partial charge in [-0.3, -0.25) is 19.2 Å². The van der Waals surface area contributed by atoms with E-state index >= 15 is 0 Å². The number of methoxy groups -OCH3 is 1. The van der Waals surface area contributed by atoms with Crippen molar-refractivity contribution in [2.75, 3.05) is 17.7 Å². The van der Waals surface area contributed by atoms with Crippen molar-refractivity contribution in [2.24, 2.45) is 5.41 Å². The Labute approximate surface area is 264 Å². The van der Waals surface area contributed by atoms with Crippen molar-refractivity contribution in [1.29, 1.82) is 0 Å². The fourth-order valence-corrected chi connectivity index (χ4v) is 5.53. The van der Waals surface area contributed by atoms with Crippen LogP contribution >= 0.6 is 0 Å². The summed E-state index contributed by atoms with van der Waals surface area (Å²) in [6.45, 7) is 6.98. The largest absolute Gasteiger partial charge is 0.495 e. The molecule has 1 atom stereocenters. The molecular formula is C32H41N5O7S. The highest BCUT2D eigenvalue weighted by molar-refractivity contribution is 7.90. The molecule has 2 aromatic carbocycles. The second-order valence-corrected chi connectivity index (χ2v) is 13.2. The lowest BCUT2D eigenvalue weighted by atomic mass is 9.86. The highest BCUT2D eigenvalue weighted by Gasteiger charge is 2.38. The molecule has 0 spiro atoms. The van der Waals surface area contributed by atoms with E-state index in [0.29, 0.717) is 12.1 Å². The van der Waals surface area contributed by atoms with E-state index in [1.165, 1.54) is 36.2 Å². The van der Waals surface area contributed by atoms with Crippen LogP contribution in [0.25, 0.3) is 0 Å². The van der Waals surface area contributed by atoms with Crippen molar-refractivity contribution in [1.82, 2.24) is 14.3 Å². The summed E-state index contributed by atoms with van der Waals surface area (Å²) in [5, 5.41) is 5.29. The third kappa shape index (κ3) is 9.48. The van der Waals surface area contributed by atoms with E-state index in [4.69, 9.17) is 4.74 Å². The van der Waals surface area contributed by atoms with Crippen LogP contribution in [0.5, 0.6) is 5.75 Å². The number of benzene rings is 2. The number of unbranched alkanes of at least 4 members (excludes halogenated alkanes) is 4. The Kier molecular flexibility index (Phi) is 12.0. The number of anilines is 2. The molecular weight excluding hydrogens is 598 g/mol. The number of sulfonamides is 1. The third-order valence-corrected chi connectivity index (χ3v) is 8.28. The second kappa shape index (κ2) is 15.5. The monoisotopic (exact) mass is 639 g/mol. The number of carbonyl (C=O) groups is 4. The summed E-state index contributed by atoms with van der Waals surface area (Å²) in [7, 11) is -2.95. The third-order valence-electron chi connectivity index (χ3n) is 6.91. The molecule has 13 heteroatoms. The van der Waals surface area contributed by atoms with Crippen molar-refractivity contribution in [3.8, 4) is 5.75 Å². The van der Waals surface area contributed by atoms with Gasteiger partial charge in [-0.1, -0.05) is 71.6 Å². The lowest BCUT2D eigenvalue weighted by molar-refractivity contribution is -0.135. The minimum atomic E-state index is -4.28. The summed E-state index contributed by atoms with van der Waals surface area (Å²) in [6.07, 6.45) is 7.16. The molecule has 0 saturated heterocycles. The molecule has 0 aliphatic heterocycles. The van der Waals surface area contributed by atoms with Crippen molar-refractivity contribution >= 4 is 44.9 Å². The zero-order valence-electron chi connectivity index (χ0n) is 26.3. The van der Waals surface area contributed by atoms with E-state index in [0.717, 1.165) is 31.7 Å². The first-order valence-electron chi connectivity index (χ1n) is 14.8. The van der Waals surface area contributed by atoms with Crippen LogP contribution in [-0.4, -0.2) is 48.6 Å². The number of Topliss-reactive ketones (excluding diaryl/α,β-unsaturated/α-hetero) is 1. The van der Waals surface area contributed by atoms with Gasteiger partial charge in [0, 0.05) is 29.9 Å². The molecule has 3 aromatic rings. The van der Waals surface area contributed by atoms with E-state index in [1.807, 2.05) is 0 Å². The lowest BCUT2D eigenvalue weighted by Crippen LogP contribution is -2.40. The minimum Gasteiger partial charge on any atom is -0.495 e. The Morgan fingerprint density at radius 3 is 2.29 bits per heavy atom. The first-order valence-corrected chi connectivity index (χ1v) is 16.2. The van der Waals surface area contributed by atoms with Crippen LogP contribution in [0.4, 0.5) is 11.4 Å². The first-order chi connectivity index (χ1) is 21.3. The summed E-state index contributed by atoms with van der Waals surface area (Å²) in [4.78, 5) is 56.8. The zero-order valence-corrected chi connectivity index (χ0v) is 27.1. The number of imidazole rings is 1. The van der Waals surface area contributed by atoms with Crippen LogP contribution in [0, 0.1) is 5.41 Å². The predicted molar refractivity (Wildman–Crippen MR) is 170 cm³/mol. The summed E-state index contributed by atoms with van der Waals surface area (Å²) in [5.74, 6) is -2.73. The topological polar surface area (TPSA) is 166 Å². The molecule has 0 fully saturated rings. The maximum absolute atomic E-state index is 13.8. The number of para-hydroxylation sites is 1. The van der Waals surface area contributed by atoms with Crippen LogP contribution < -0.4 is 20.1 Å². The standard InChI is InChI=1S/C32H41N5O7S/c1-6-7-8-9-13-16-26(38)36-45(42,43)23-17-18-25(44-5)24(21-23)35-30(40)27(28(39)32(2,3)4)37-20-19-33-29(37)31(41)34-22-14-11-10-12-15-22/h10-12,14-15,17-21,27H,6-9,13,16H2,1-5H3,(H,34,41)(H,35,40)(H,36,38). The highest BCUT2D eigenvalue weighted by atomic mass is 32.2. The Morgan fingerprint density at radius 1 is 0.956 bits per heavy atom. The number of hydrogen-bond acceptors (Lipinski definition) is 8. The lowest BCUT2D eigenvalue weighted by Gasteiger charge is -2.26. The summed E-state index contributed by atoms with van der Waals surface area (Å²) < 4.78 is 34.7. The highest BCUT2D eigenvalue weighted by Crippen LogP contribution is 2.31. The predicted octanol–water partition coefficient (Wildman–Crippen LogP) is 5.10. The summed E-state index contributed by atoms with van der Waals surface area (Å²) in [5.41, 5.74) is -0.582. The van der Waals surface area contributed by atoms with Gasteiger partial charge in [0.25, 0.3) is 21.8 Å². The number of carbonyl (C=O) groups excluding carboxylic acids is 4. The van der Waals surface area contributed by atoms with Crippen LogP contribution in [0.15, 0.2) is 65.8 Å². The number of rotatable bonds is 15. The average Bonchev–Trinajstić information content (AvgIpc) is 3.46. The van der Waals surface area contributed by atoms with Gasteiger partial charge in [-0.05, 0) is 36.8 Å². The molecule has 0 radical (unpaired) electrons. The van der Waals surface area contributed by atoms with Gasteiger partial charge in [0.15, 0.2) is 17.6 Å². The molecule has 45 heavy (non-hydrogen) atoms. The van der Waals surface area contributed by atoms with E-state index in [9.17, 15) is 27.6 Å². The van der Waals surface area contributed by atoms with Gasteiger partial charge in [0.2, 0.25) is 5.91 Å². The molecule has 1 heterocycles. The smallest absolute Gasteiger partial charge is 0.291 e. The average molecular weight is 640 g/mol. The number of amides is 3. The van der Waals surface area contributed by atoms with Crippen LogP contribution in [0.3, 0.4) is 0 Å². The summed E-state index contributed by atoms with van der Waals surface area (Å²) >= 11 is 0. The van der Waals surface area contributed by atoms with Crippen molar-refractivity contribution in [2.45, 2.75) is 77.2 Å². The molecule has 0 saturated carbocycles. The fraction of sp³-hybridized carbons (Fsp3) is 0.406. The van der Waals surface area contributed by atoms with Gasteiger partial charge >= 0.3 is 0 Å². The Hall–Kier alpha value is -4.52. The van der Waals surface area contributed by atoms with E-state index in [1.54, 1.807) is 51.1 Å². The van der Waals surface area contributed by atoms with Crippen molar-refractivity contribution in [3.63, 3.8) is 0 Å². The number of nitrogens with zero attached hydrogens (tertiary/aromatic N) is 2. The van der Waals surface area contributed by atoms with Gasteiger partial charge in [-0.2, -0.15) is 0 Å². The molecule has 1 aromatic heterocycles. The molecule has 242 valence electrons. The molecule has 12 nitrogen and oxygen atoms in total. The SMILES string of the molecule is CCCCCCCC(=O)NS(=O)(=O)c1ccc(OC)c(NC(=O)C(C(=O)C(C)(C)C)n2ccnc2C(=O)Nc2ccccc2)c1. The number of ketones is 1.